The topological polar surface area (TPSA) is 18.5 Å². The van der Waals surface area contributed by atoms with Gasteiger partial charge in [0.2, 0.25) is 0 Å². The number of nitrogens with one attached hydrogen (secondary N) is 1. The van der Waals surface area contributed by atoms with E-state index >= 15 is 0 Å². The Hall–Kier alpha value is 1.15. The predicted octanol–water partition coefficient (Wildman–Crippen LogP) is 0.380. The molecule has 1 aliphatic heterocycles. The molecular formula is C20H36CsN3. The smallest absolute Gasteiger partial charge is 0.358 e. The van der Waals surface area contributed by atoms with E-state index < -0.39 is 0 Å². The van der Waals surface area contributed by atoms with E-state index in [1.54, 1.807) is 0 Å². The molecule has 1 aliphatic rings. The van der Waals surface area contributed by atoms with Crippen LogP contribution < -0.4 is 74.2 Å². The van der Waals surface area contributed by atoms with Crippen molar-refractivity contribution in [3.05, 3.63) is 42.8 Å². The van der Waals surface area contributed by atoms with Crippen LogP contribution in [-0.2, 0) is 6.42 Å². The Morgan fingerprint density at radius 3 is 2.25 bits per heavy atom. The fourth-order valence-electron chi connectivity index (χ4n) is 3.43. The SMILES string of the molecule is CCc1cccc(C(CCNC)N2CCN(C(C)C)CC2)c1.[CH3-].[Cs+]. The zero-order chi connectivity index (χ0) is 15.9. The van der Waals surface area contributed by atoms with Gasteiger partial charge >= 0.3 is 68.9 Å². The molecular weight excluding hydrogens is 415 g/mol. The quantitative estimate of drug-likeness (QED) is 0.605. The molecule has 4 heteroatoms. The summed E-state index contributed by atoms with van der Waals surface area (Å²) in [5, 5.41) is 3.33. The molecule has 1 saturated heterocycles. The molecule has 0 bridgehead atoms. The Kier molecular flexibility index (Phi) is 14.0. The Balaban J connectivity index is 0.00000264. The summed E-state index contributed by atoms with van der Waals surface area (Å²) >= 11 is 0. The van der Waals surface area contributed by atoms with Crippen LogP contribution in [0.15, 0.2) is 24.3 Å². The summed E-state index contributed by atoms with van der Waals surface area (Å²) < 4.78 is 0. The number of hydrogen-bond donors (Lipinski definition) is 1. The number of benzene rings is 1. The van der Waals surface area contributed by atoms with Gasteiger partial charge in [-0.2, -0.15) is 0 Å². The fraction of sp³-hybridized carbons (Fsp3) is 0.650. The van der Waals surface area contributed by atoms with Crippen LogP contribution in [0.2, 0.25) is 0 Å². The Morgan fingerprint density at radius 2 is 1.71 bits per heavy atom. The Labute approximate surface area is 209 Å². The van der Waals surface area contributed by atoms with E-state index in [9.17, 15) is 0 Å². The number of aryl methyl sites for hydroxylation is 1. The minimum Gasteiger partial charge on any atom is -0.358 e. The van der Waals surface area contributed by atoms with Gasteiger partial charge in [-0.3, -0.25) is 9.80 Å². The third kappa shape index (κ3) is 7.41. The molecule has 3 nitrogen and oxygen atoms in total. The number of rotatable bonds is 7. The maximum Gasteiger partial charge on any atom is 1.00 e. The van der Waals surface area contributed by atoms with Crippen molar-refractivity contribution >= 4 is 0 Å². The first kappa shape index (κ1) is 25.2. The van der Waals surface area contributed by atoms with Gasteiger partial charge in [0, 0.05) is 38.3 Å². The van der Waals surface area contributed by atoms with E-state index in [1.165, 1.54) is 43.7 Å². The van der Waals surface area contributed by atoms with Crippen molar-refractivity contribution in [3.8, 4) is 0 Å². The summed E-state index contributed by atoms with van der Waals surface area (Å²) in [6.07, 6.45) is 2.30. The van der Waals surface area contributed by atoms with Gasteiger partial charge in [-0.25, -0.2) is 0 Å². The van der Waals surface area contributed by atoms with Crippen molar-refractivity contribution in [2.45, 2.75) is 45.7 Å². The van der Waals surface area contributed by atoms with E-state index in [0.29, 0.717) is 12.1 Å². The molecule has 0 saturated carbocycles. The van der Waals surface area contributed by atoms with E-state index in [1.807, 2.05) is 0 Å². The molecule has 24 heavy (non-hydrogen) atoms. The van der Waals surface area contributed by atoms with Gasteiger partial charge in [-0.15, -0.1) is 0 Å². The molecule has 132 valence electrons. The normalized spacial score (nSPS) is 17.2. The molecule has 1 aromatic rings. The number of hydrogen-bond acceptors (Lipinski definition) is 3. The molecule has 0 aromatic heterocycles. The van der Waals surface area contributed by atoms with E-state index in [-0.39, 0.29) is 76.3 Å². The zero-order valence-electron chi connectivity index (χ0n) is 16.8. The summed E-state index contributed by atoms with van der Waals surface area (Å²) in [5.41, 5.74) is 2.94. The molecule has 0 aliphatic carbocycles. The largest absolute Gasteiger partial charge is 1.00 e. The Bertz CT molecular complexity index is 442. The summed E-state index contributed by atoms with van der Waals surface area (Å²) in [6.45, 7) is 12.7. The molecule has 1 N–H and O–H groups in total. The van der Waals surface area contributed by atoms with Crippen molar-refractivity contribution < 1.29 is 68.9 Å². The first-order valence-corrected chi connectivity index (χ1v) is 8.87. The third-order valence-electron chi connectivity index (χ3n) is 4.93. The van der Waals surface area contributed by atoms with Gasteiger partial charge < -0.3 is 12.7 Å². The van der Waals surface area contributed by atoms with Gasteiger partial charge in [-0.05, 0) is 51.4 Å². The predicted molar refractivity (Wildman–Crippen MR) is 102 cm³/mol. The molecule has 0 amide bonds. The number of piperazine rings is 1. The van der Waals surface area contributed by atoms with Crippen molar-refractivity contribution in [1.29, 1.82) is 0 Å². The summed E-state index contributed by atoms with van der Waals surface area (Å²) in [6, 6.07) is 10.4. The van der Waals surface area contributed by atoms with E-state index in [2.05, 4.69) is 67.2 Å². The molecule has 0 radical (unpaired) electrons. The second kappa shape index (κ2) is 13.3. The summed E-state index contributed by atoms with van der Waals surface area (Å²) in [5.74, 6) is 0. The maximum absolute atomic E-state index is 3.33. The van der Waals surface area contributed by atoms with Crippen LogP contribution in [-0.4, -0.2) is 55.6 Å². The average molecular weight is 451 g/mol. The number of nitrogens with zero attached hydrogens (tertiary/aromatic N) is 2. The Morgan fingerprint density at radius 1 is 1.08 bits per heavy atom. The molecule has 0 spiro atoms. The molecule has 1 atom stereocenters. The van der Waals surface area contributed by atoms with Crippen LogP contribution in [0.25, 0.3) is 0 Å². The second-order valence-corrected chi connectivity index (χ2v) is 6.67. The minimum atomic E-state index is 0. The van der Waals surface area contributed by atoms with Crippen molar-refractivity contribution in [3.63, 3.8) is 0 Å². The van der Waals surface area contributed by atoms with Crippen molar-refractivity contribution in [1.82, 2.24) is 15.1 Å². The van der Waals surface area contributed by atoms with Gasteiger partial charge in [0.25, 0.3) is 0 Å². The van der Waals surface area contributed by atoms with Crippen molar-refractivity contribution in [2.24, 2.45) is 0 Å². The summed E-state index contributed by atoms with van der Waals surface area (Å²) in [4.78, 5) is 5.28. The van der Waals surface area contributed by atoms with Gasteiger partial charge in [-0.1, -0.05) is 31.2 Å². The van der Waals surface area contributed by atoms with Gasteiger partial charge in [0.15, 0.2) is 0 Å². The third-order valence-corrected chi connectivity index (χ3v) is 4.93. The molecule has 1 heterocycles. The van der Waals surface area contributed by atoms with Crippen LogP contribution in [0.4, 0.5) is 0 Å². The van der Waals surface area contributed by atoms with Gasteiger partial charge in [0.05, 0.1) is 0 Å². The van der Waals surface area contributed by atoms with Crippen molar-refractivity contribution in [2.75, 3.05) is 39.8 Å². The first-order chi connectivity index (χ1) is 10.7. The van der Waals surface area contributed by atoms with Crippen LogP contribution in [0.3, 0.4) is 0 Å². The first-order valence-electron chi connectivity index (χ1n) is 8.87. The molecule has 1 unspecified atom stereocenters. The average Bonchev–Trinajstić information content (AvgIpc) is 2.56. The molecule has 1 aromatic carbocycles. The van der Waals surface area contributed by atoms with E-state index in [0.717, 1.165) is 13.0 Å². The maximum atomic E-state index is 3.33. The summed E-state index contributed by atoms with van der Waals surface area (Å²) in [7, 11) is 2.05. The minimum absolute atomic E-state index is 0. The van der Waals surface area contributed by atoms with Crippen LogP contribution >= 0.6 is 0 Å². The van der Waals surface area contributed by atoms with Crippen LogP contribution in [0.1, 0.15) is 44.4 Å². The standard InChI is InChI=1S/C19H33N3.CH3.Cs/c1-5-17-7-6-8-18(15-17)19(9-10-20-4)22-13-11-21(12-14-22)16(2)3;;/h6-8,15-16,19-20H,5,9-14H2,1-4H3;1H3;/q;-1;+1. The molecule has 1 fully saturated rings. The van der Waals surface area contributed by atoms with E-state index in [4.69, 9.17) is 0 Å². The van der Waals surface area contributed by atoms with Crippen LogP contribution in [0, 0.1) is 7.43 Å². The van der Waals surface area contributed by atoms with Gasteiger partial charge in [0.1, 0.15) is 0 Å². The monoisotopic (exact) mass is 451 g/mol. The molecule has 2 rings (SSSR count). The zero-order valence-corrected chi connectivity index (χ0v) is 23.1. The fourth-order valence-corrected chi connectivity index (χ4v) is 3.43. The van der Waals surface area contributed by atoms with Crippen LogP contribution in [0.5, 0.6) is 0 Å². The second-order valence-electron chi connectivity index (χ2n) is 6.67.